The van der Waals surface area contributed by atoms with Crippen molar-refractivity contribution in [1.29, 1.82) is 0 Å². The van der Waals surface area contributed by atoms with Crippen molar-refractivity contribution in [1.82, 2.24) is 20.1 Å². The first-order valence-corrected chi connectivity index (χ1v) is 11.8. The number of aliphatic hydroxyl groups is 1. The number of carbonyl (C=O) groups is 1. The van der Waals surface area contributed by atoms with E-state index in [-0.39, 0.29) is 28.9 Å². The topological polar surface area (TPSA) is 109 Å². The summed E-state index contributed by atoms with van der Waals surface area (Å²) in [5.41, 5.74) is -0.851. The number of aromatic nitrogens is 3. The van der Waals surface area contributed by atoms with Gasteiger partial charge in [-0.25, -0.2) is 9.67 Å². The van der Waals surface area contributed by atoms with E-state index in [1.165, 1.54) is 18.5 Å². The Morgan fingerprint density at radius 2 is 2.06 bits per heavy atom. The zero-order valence-corrected chi connectivity index (χ0v) is 21.2. The number of carbonyl (C=O) groups excluding carboxylic acids is 1. The summed E-state index contributed by atoms with van der Waals surface area (Å²) in [5.74, 6) is -0.799. The van der Waals surface area contributed by atoms with Crippen molar-refractivity contribution in [3.05, 3.63) is 51.4 Å². The zero-order valence-electron chi connectivity index (χ0n) is 20.4. The maximum atomic E-state index is 13.3. The van der Waals surface area contributed by atoms with Crippen LogP contribution >= 0.6 is 11.6 Å². The van der Waals surface area contributed by atoms with Crippen LogP contribution in [0.2, 0.25) is 5.02 Å². The van der Waals surface area contributed by atoms with Gasteiger partial charge in [0.25, 0.3) is 5.56 Å². The summed E-state index contributed by atoms with van der Waals surface area (Å²) < 4.78 is 14.3. The molecule has 2 aromatic heterocycles. The summed E-state index contributed by atoms with van der Waals surface area (Å²) in [4.78, 5) is 28.7. The number of hydrogen-bond acceptors (Lipinski definition) is 6. The molecule has 0 bridgehead atoms. The van der Waals surface area contributed by atoms with Gasteiger partial charge in [-0.05, 0) is 55.2 Å². The van der Waals surface area contributed by atoms with Crippen molar-refractivity contribution >= 4 is 23.2 Å². The maximum Gasteiger partial charge on any atom is 0.288 e. The van der Waals surface area contributed by atoms with Gasteiger partial charge >= 0.3 is 0 Å². The van der Waals surface area contributed by atoms with E-state index < -0.39 is 29.1 Å². The van der Waals surface area contributed by atoms with Crippen molar-refractivity contribution in [2.75, 3.05) is 5.32 Å². The van der Waals surface area contributed by atoms with E-state index in [9.17, 15) is 19.1 Å². The molecule has 10 heteroatoms. The third kappa shape index (κ3) is 5.10. The molecule has 0 saturated heterocycles. The highest BCUT2D eigenvalue weighted by Gasteiger charge is 2.52. The minimum absolute atomic E-state index is 0.00656. The lowest BCUT2D eigenvalue weighted by Gasteiger charge is -2.54. The standard InChI is InChI=1S/C24H33ClFN5O3/c1-13-9-18(24(6,34)15(3)23(13,4)5)30-17-11-28-31(22(33)21(17)25)12-20(32)29-14(2)16-7-8-27-19(26)10-16/h7-8,10-11,13-15,18,30,34H,9,12H2,1-6H3,(H,29,32)/t13-,14?,15-,18+,24-/m0/s1. The van der Waals surface area contributed by atoms with Crippen molar-refractivity contribution in [2.45, 2.75) is 72.2 Å². The molecule has 1 aliphatic rings. The molecule has 2 heterocycles. The maximum absolute atomic E-state index is 13.3. The fourth-order valence-corrected chi connectivity index (χ4v) is 4.84. The SMILES string of the molecule is CC(NC(=O)Cn1ncc(N[C@@H]2C[C@H](C)C(C)(C)[C@H](C)[C@]2(C)O)c(Cl)c1=O)c1ccnc(F)c1. The predicted molar refractivity (Wildman–Crippen MR) is 129 cm³/mol. The number of hydrogen-bond donors (Lipinski definition) is 3. The number of pyridine rings is 1. The number of rotatable bonds is 6. The molecule has 0 aromatic carbocycles. The quantitative estimate of drug-likeness (QED) is 0.531. The van der Waals surface area contributed by atoms with Crippen molar-refractivity contribution in [3.8, 4) is 0 Å². The summed E-state index contributed by atoms with van der Waals surface area (Å²) in [5, 5.41) is 21.2. The third-order valence-electron chi connectivity index (χ3n) is 7.79. The first kappa shape index (κ1) is 26.1. The minimum Gasteiger partial charge on any atom is -0.388 e. The van der Waals surface area contributed by atoms with Crippen LogP contribution in [0.25, 0.3) is 0 Å². The predicted octanol–water partition coefficient (Wildman–Crippen LogP) is 3.54. The van der Waals surface area contributed by atoms with Crippen molar-refractivity contribution in [3.63, 3.8) is 0 Å². The van der Waals surface area contributed by atoms with Gasteiger partial charge in [0.2, 0.25) is 11.9 Å². The Morgan fingerprint density at radius 1 is 1.38 bits per heavy atom. The Labute approximate surface area is 203 Å². The summed E-state index contributed by atoms with van der Waals surface area (Å²) in [6.07, 6.45) is 3.40. The normalized spacial score (nSPS) is 27.1. The van der Waals surface area contributed by atoms with E-state index in [4.69, 9.17) is 11.6 Å². The Morgan fingerprint density at radius 3 is 2.71 bits per heavy atom. The Balaban J connectivity index is 1.73. The second kappa shape index (κ2) is 9.62. The molecule has 3 rings (SSSR count). The van der Waals surface area contributed by atoms with Crippen LogP contribution in [0.3, 0.4) is 0 Å². The molecule has 0 spiro atoms. The molecule has 34 heavy (non-hydrogen) atoms. The van der Waals surface area contributed by atoms with Crippen LogP contribution in [-0.2, 0) is 11.3 Å². The number of amides is 1. The Bertz CT molecular complexity index is 1120. The molecule has 1 unspecified atom stereocenters. The molecule has 0 aliphatic heterocycles. The van der Waals surface area contributed by atoms with E-state index in [0.29, 0.717) is 23.6 Å². The van der Waals surface area contributed by atoms with E-state index in [0.717, 1.165) is 4.68 Å². The van der Waals surface area contributed by atoms with Gasteiger partial charge in [0.15, 0.2) is 0 Å². The monoisotopic (exact) mass is 493 g/mol. The van der Waals surface area contributed by atoms with Crippen LogP contribution in [0, 0.1) is 23.2 Å². The third-order valence-corrected chi connectivity index (χ3v) is 8.16. The molecule has 0 radical (unpaired) electrons. The van der Waals surface area contributed by atoms with Gasteiger partial charge in [-0.3, -0.25) is 9.59 Å². The zero-order chi connectivity index (χ0) is 25.4. The van der Waals surface area contributed by atoms with Gasteiger partial charge in [-0.2, -0.15) is 9.49 Å². The lowest BCUT2D eigenvalue weighted by Crippen LogP contribution is -2.60. The number of nitrogens with zero attached hydrogens (tertiary/aromatic N) is 3. The highest BCUT2D eigenvalue weighted by molar-refractivity contribution is 6.32. The molecule has 8 nitrogen and oxygen atoms in total. The van der Waals surface area contributed by atoms with Gasteiger partial charge in [0.1, 0.15) is 11.6 Å². The van der Waals surface area contributed by atoms with E-state index in [1.807, 2.05) is 6.92 Å². The number of nitrogens with one attached hydrogen (secondary N) is 2. The first-order chi connectivity index (χ1) is 15.7. The van der Waals surface area contributed by atoms with Crippen LogP contribution in [0.15, 0.2) is 29.3 Å². The smallest absolute Gasteiger partial charge is 0.288 e. The van der Waals surface area contributed by atoms with Crippen LogP contribution in [0.4, 0.5) is 10.1 Å². The largest absolute Gasteiger partial charge is 0.388 e. The van der Waals surface area contributed by atoms with Crippen LogP contribution < -0.4 is 16.2 Å². The summed E-state index contributed by atoms with van der Waals surface area (Å²) in [7, 11) is 0. The molecule has 1 aliphatic carbocycles. The van der Waals surface area contributed by atoms with Gasteiger partial charge in [0, 0.05) is 6.20 Å². The average molecular weight is 494 g/mol. The highest BCUT2D eigenvalue weighted by Crippen LogP contribution is 2.50. The molecule has 5 atom stereocenters. The lowest BCUT2D eigenvalue weighted by atomic mass is 9.56. The lowest BCUT2D eigenvalue weighted by molar-refractivity contribution is -0.122. The second-order valence-electron chi connectivity index (χ2n) is 10.1. The molecule has 1 saturated carbocycles. The van der Waals surface area contributed by atoms with E-state index >= 15 is 0 Å². The molecule has 1 fully saturated rings. The van der Waals surface area contributed by atoms with Crippen LogP contribution in [0.5, 0.6) is 0 Å². The van der Waals surface area contributed by atoms with Gasteiger partial charge in [0.05, 0.1) is 29.6 Å². The van der Waals surface area contributed by atoms with Crippen molar-refractivity contribution in [2.24, 2.45) is 17.3 Å². The van der Waals surface area contributed by atoms with Crippen LogP contribution in [-0.4, -0.2) is 37.4 Å². The summed E-state index contributed by atoms with van der Waals surface area (Å²) in [6.45, 7) is 11.6. The molecular formula is C24H33ClFN5O3. The summed E-state index contributed by atoms with van der Waals surface area (Å²) >= 11 is 6.34. The van der Waals surface area contributed by atoms with Crippen molar-refractivity contribution < 1.29 is 14.3 Å². The fourth-order valence-electron chi connectivity index (χ4n) is 4.64. The molecular weight excluding hydrogens is 461 g/mol. The molecule has 3 N–H and O–H groups in total. The van der Waals surface area contributed by atoms with Crippen LogP contribution in [0.1, 0.15) is 59.6 Å². The van der Waals surface area contributed by atoms with Gasteiger partial charge in [-0.15, -0.1) is 0 Å². The number of anilines is 1. The minimum atomic E-state index is -1.03. The number of halogens is 2. The molecule has 1 amide bonds. The molecule has 2 aromatic rings. The average Bonchev–Trinajstić information content (AvgIpc) is 2.76. The van der Waals surface area contributed by atoms with Gasteiger partial charge < -0.3 is 15.7 Å². The Hall–Kier alpha value is -2.52. The van der Waals surface area contributed by atoms with E-state index in [2.05, 4.69) is 41.5 Å². The summed E-state index contributed by atoms with van der Waals surface area (Å²) in [6, 6.07) is 2.01. The molecule has 186 valence electrons. The van der Waals surface area contributed by atoms with Gasteiger partial charge in [-0.1, -0.05) is 39.3 Å². The first-order valence-electron chi connectivity index (χ1n) is 11.4. The highest BCUT2D eigenvalue weighted by atomic mass is 35.5. The fraction of sp³-hybridized carbons (Fsp3) is 0.583. The second-order valence-corrected chi connectivity index (χ2v) is 10.5. The Kier molecular flexibility index (Phi) is 7.38. The van der Waals surface area contributed by atoms with E-state index in [1.54, 1.807) is 19.9 Å².